The highest BCUT2D eigenvalue weighted by atomic mass is 32.2. The Morgan fingerprint density at radius 3 is 2.63 bits per heavy atom. The molecular weight excluding hydrogens is 368 g/mol. The molecule has 0 bridgehead atoms. The Labute approximate surface area is 155 Å². The van der Waals surface area contributed by atoms with Crippen molar-refractivity contribution in [3.63, 3.8) is 0 Å². The molecule has 140 valence electrons. The van der Waals surface area contributed by atoms with Gasteiger partial charge in [-0.2, -0.15) is 4.98 Å². The zero-order chi connectivity index (χ0) is 19.0. The Morgan fingerprint density at radius 1 is 1.26 bits per heavy atom. The van der Waals surface area contributed by atoms with Crippen molar-refractivity contribution in [3.8, 4) is 11.3 Å². The smallest absolute Gasteiger partial charge is 0.234 e. The number of nitrogens with zero attached hydrogens (tertiary/aromatic N) is 4. The molecule has 0 atom stereocenters. The van der Waals surface area contributed by atoms with Gasteiger partial charge in [0.05, 0.1) is 12.1 Å². The van der Waals surface area contributed by atoms with Crippen LogP contribution in [0.1, 0.15) is 19.8 Å². The van der Waals surface area contributed by atoms with Crippen molar-refractivity contribution in [2.75, 3.05) is 15.4 Å². The van der Waals surface area contributed by atoms with Crippen LogP contribution in [0.2, 0.25) is 0 Å². The number of carbonyl (C=O) groups excluding carboxylic acids is 1. The van der Waals surface area contributed by atoms with Gasteiger partial charge in [0.1, 0.15) is 11.2 Å². The van der Waals surface area contributed by atoms with Crippen molar-refractivity contribution in [2.45, 2.75) is 25.8 Å². The molecule has 4 rings (SSSR count). The van der Waals surface area contributed by atoms with E-state index in [0.29, 0.717) is 28.5 Å². The summed E-state index contributed by atoms with van der Waals surface area (Å²) < 4.78 is 25.9. The Morgan fingerprint density at radius 2 is 2.00 bits per heavy atom. The van der Waals surface area contributed by atoms with Gasteiger partial charge in [0, 0.05) is 17.3 Å². The maximum atomic E-state index is 11.7. The minimum Gasteiger partial charge on any atom is -0.341 e. The van der Waals surface area contributed by atoms with Gasteiger partial charge in [0.2, 0.25) is 22.4 Å². The molecule has 1 aliphatic carbocycles. The third kappa shape index (κ3) is 3.47. The standard InChI is InChI=1S/C17H18N6O3S/c1-2-27(25,26)22-12-5-3-11(4-6-12)14-15-16(19-9-18-15)21-17(20-14)23(10-24)13-7-8-13/h3-6,9-10,13,22H,2,7-8H2,1H3,(H,18,19,20,21). The molecule has 2 aromatic heterocycles. The molecule has 0 unspecified atom stereocenters. The van der Waals surface area contributed by atoms with Crippen LogP contribution in [0.15, 0.2) is 30.6 Å². The van der Waals surface area contributed by atoms with Crippen molar-refractivity contribution in [1.82, 2.24) is 19.9 Å². The van der Waals surface area contributed by atoms with E-state index in [1.165, 1.54) is 11.2 Å². The van der Waals surface area contributed by atoms with Gasteiger partial charge in [0.15, 0.2) is 5.65 Å². The van der Waals surface area contributed by atoms with Crippen LogP contribution in [0, 0.1) is 0 Å². The zero-order valence-corrected chi connectivity index (χ0v) is 15.4. The van der Waals surface area contributed by atoms with Crippen LogP contribution in [0.4, 0.5) is 11.6 Å². The SMILES string of the molecule is CCS(=O)(=O)Nc1ccc(-c2nc(N(C=O)C3CC3)nc3nc[nH]c23)cc1. The number of hydrogen-bond acceptors (Lipinski definition) is 6. The largest absolute Gasteiger partial charge is 0.341 e. The molecular formula is C17H18N6O3S. The third-order valence-electron chi connectivity index (χ3n) is 4.37. The predicted molar refractivity (Wildman–Crippen MR) is 102 cm³/mol. The van der Waals surface area contributed by atoms with Crippen molar-refractivity contribution in [3.05, 3.63) is 30.6 Å². The second-order valence-electron chi connectivity index (χ2n) is 6.30. The molecule has 1 aliphatic rings. The molecule has 3 aromatic rings. The van der Waals surface area contributed by atoms with Crippen LogP contribution < -0.4 is 9.62 Å². The van der Waals surface area contributed by atoms with Gasteiger partial charge in [-0.25, -0.2) is 18.4 Å². The fourth-order valence-corrected chi connectivity index (χ4v) is 3.38. The molecule has 1 aromatic carbocycles. The number of anilines is 2. The fourth-order valence-electron chi connectivity index (χ4n) is 2.74. The number of H-pyrrole nitrogens is 1. The summed E-state index contributed by atoms with van der Waals surface area (Å²) in [4.78, 5) is 29.2. The Kier molecular flexibility index (Phi) is 4.27. The van der Waals surface area contributed by atoms with Gasteiger partial charge in [-0.15, -0.1) is 0 Å². The lowest BCUT2D eigenvalue weighted by molar-refractivity contribution is -0.107. The van der Waals surface area contributed by atoms with E-state index >= 15 is 0 Å². The summed E-state index contributed by atoms with van der Waals surface area (Å²) in [6.07, 6.45) is 4.14. The first-order valence-corrected chi connectivity index (χ1v) is 10.2. The van der Waals surface area contributed by atoms with Crippen LogP contribution in [-0.2, 0) is 14.8 Å². The lowest BCUT2D eigenvalue weighted by Crippen LogP contribution is -2.25. The Hall–Kier alpha value is -3.01. The summed E-state index contributed by atoms with van der Waals surface area (Å²) >= 11 is 0. The minimum absolute atomic E-state index is 0.00147. The molecule has 10 heteroatoms. The number of sulfonamides is 1. The fraction of sp³-hybridized carbons (Fsp3) is 0.294. The molecule has 0 radical (unpaired) electrons. The van der Waals surface area contributed by atoms with Gasteiger partial charge in [0.25, 0.3) is 0 Å². The first-order valence-electron chi connectivity index (χ1n) is 8.56. The number of rotatable bonds is 7. The average Bonchev–Trinajstić information content (AvgIpc) is 3.38. The zero-order valence-electron chi connectivity index (χ0n) is 14.6. The summed E-state index contributed by atoms with van der Waals surface area (Å²) in [5.74, 6) is 0.319. The number of amides is 1. The van der Waals surface area contributed by atoms with Crippen molar-refractivity contribution < 1.29 is 13.2 Å². The second kappa shape index (κ2) is 6.62. The maximum Gasteiger partial charge on any atom is 0.234 e. The van der Waals surface area contributed by atoms with E-state index in [4.69, 9.17) is 0 Å². The van der Waals surface area contributed by atoms with Crippen molar-refractivity contribution in [2.24, 2.45) is 0 Å². The predicted octanol–water partition coefficient (Wildman–Crippen LogP) is 1.91. The molecule has 2 heterocycles. The molecule has 1 amide bonds. The molecule has 0 spiro atoms. The Bertz CT molecular complexity index is 1090. The third-order valence-corrected chi connectivity index (χ3v) is 5.68. The highest BCUT2D eigenvalue weighted by Gasteiger charge is 2.31. The molecule has 1 saturated carbocycles. The first kappa shape index (κ1) is 17.4. The average molecular weight is 386 g/mol. The van der Waals surface area contributed by atoms with E-state index in [1.54, 1.807) is 31.2 Å². The van der Waals surface area contributed by atoms with Crippen LogP contribution in [0.25, 0.3) is 22.4 Å². The van der Waals surface area contributed by atoms with E-state index in [-0.39, 0.29) is 11.8 Å². The van der Waals surface area contributed by atoms with E-state index < -0.39 is 10.0 Å². The lowest BCUT2D eigenvalue weighted by atomic mass is 10.1. The molecule has 1 fully saturated rings. The van der Waals surface area contributed by atoms with Gasteiger partial charge < -0.3 is 4.98 Å². The van der Waals surface area contributed by atoms with Gasteiger partial charge in [-0.1, -0.05) is 12.1 Å². The second-order valence-corrected chi connectivity index (χ2v) is 8.31. The van der Waals surface area contributed by atoms with Crippen LogP contribution in [-0.4, -0.2) is 46.6 Å². The maximum absolute atomic E-state index is 11.7. The van der Waals surface area contributed by atoms with Crippen LogP contribution in [0.5, 0.6) is 0 Å². The van der Waals surface area contributed by atoms with Gasteiger partial charge in [-0.05, 0) is 31.9 Å². The molecule has 0 aliphatic heterocycles. The number of carbonyl (C=O) groups is 1. The van der Waals surface area contributed by atoms with E-state index in [1.807, 2.05) is 0 Å². The number of imidazole rings is 1. The van der Waals surface area contributed by atoms with Gasteiger partial charge in [-0.3, -0.25) is 14.4 Å². The van der Waals surface area contributed by atoms with Crippen molar-refractivity contribution >= 4 is 39.2 Å². The summed E-state index contributed by atoms with van der Waals surface area (Å²) in [7, 11) is -3.34. The highest BCUT2D eigenvalue weighted by molar-refractivity contribution is 7.92. The van der Waals surface area contributed by atoms with Crippen LogP contribution in [0.3, 0.4) is 0 Å². The topological polar surface area (TPSA) is 121 Å². The van der Waals surface area contributed by atoms with Crippen molar-refractivity contribution in [1.29, 1.82) is 0 Å². The quantitative estimate of drug-likeness (QED) is 0.598. The first-order chi connectivity index (χ1) is 13.0. The number of hydrogen-bond donors (Lipinski definition) is 2. The highest BCUT2D eigenvalue weighted by Crippen LogP contribution is 2.32. The molecule has 2 N–H and O–H groups in total. The summed E-state index contributed by atoms with van der Waals surface area (Å²) in [6, 6.07) is 7.01. The summed E-state index contributed by atoms with van der Waals surface area (Å²) in [6.45, 7) is 1.58. The summed E-state index contributed by atoms with van der Waals surface area (Å²) in [5, 5.41) is 0. The van der Waals surface area contributed by atoms with E-state index in [9.17, 15) is 13.2 Å². The monoisotopic (exact) mass is 386 g/mol. The molecule has 27 heavy (non-hydrogen) atoms. The van der Waals surface area contributed by atoms with E-state index in [2.05, 4.69) is 24.7 Å². The number of nitrogens with one attached hydrogen (secondary N) is 2. The van der Waals surface area contributed by atoms with E-state index in [0.717, 1.165) is 24.8 Å². The van der Waals surface area contributed by atoms with Gasteiger partial charge >= 0.3 is 0 Å². The summed E-state index contributed by atoms with van der Waals surface area (Å²) in [5.41, 5.74) is 2.96. The minimum atomic E-state index is -3.34. The molecule has 9 nitrogen and oxygen atoms in total. The van der Waals surface area contributed by atoms with Crippen LogP contribution >= 0.6 is 0 Å². The Balaban J connectivity index is 1.74. The number of aromatic amines is 1. The lowest BCUT2D eigenvalue weighted by Gasteiger charge is -2.15. The normalized spacial score (nSPS) is 14.3. The number of fused-ring (bicyclic) bond motifs is 1. The number of aromatic nitrogens is 4. The number of benzene rings is 1. The molecule has 0 saturated heterocycles.